The number of para-hydroxylation sites is 3. The summed E-state index contributed by atoms with van der Waals surface area (Å²) in [6.07, 6.45) is 2.89. The molecule has 1 aliphatic rings. The smallest absolute Gasteiger partial charge is 0.136 e. The zero-order chi connectivity index (χ0) is 41.0. The van der Waals surface area contributed by atoms with Gasteiger partial charge in [0.15, 0.2) is 0 Å². The van der Waals surface area contributed by atoms with Crippen LogP contribution in [0.4, 0.5) is 17.1 Å². The summed E-state index contributed by atoms with van der Waals surface area (Å²) < 4.78 is 6.83. The lowest BCUT2D eigenvalue weighted by atomic mass is 9.79. The van der Waals surface area contributed by atoms with Crippen LogP contribution in [0.2, 0.25) is 0 Å². The van der Waals surface area contributed by atoms with E-state index in [1.165, 1.54) is 77.0 Å². The topological polar surface area (TPSA) is 16.4 Å². The molecular weight excluding hydrogens is 751 g/mol. The predicted molar refractivity (Wildman–Crippen MR) is 261 cm³/mol. The molecule has 0 spiro atoms. The molecule has 12 rings (SSSR count). The maximum atomic E-state index is 6.83. The highest BCUT2D eigenvalue weighted by Gasteiger charge is 2.31. The van der Waals surface area contributed by atoms with Crippen LogP contribution in [0, 0.1) is 0 Å². The van der Waals surface area contributed by atoms with Crippen molar-refractivity contribution in [3.63, 3.8) is 0 Å². The van der Waals surface area contributed by atoms with Crippen molar-refractivity contribution in [3.05, 3.63) is 235 Å². The second-order valence-electron chi connectivity index (χ2n) is 16.7. The largest absolute Gasteiger partial charge is 0.456 e. The summed E-state index contributed by atoms with van der Waals surface area (Å²) in [7, 11) is 0. The van der Waals surface area contributed by atoms with Crippen molar-refractivity contribution in [2.45, 2.75) is 25.2 Å². The van der Waals surface area contributed by atoms with Gasteiger partial charge in [-0.05, 0) is 146 Å². The van der Waals surface area contributed by atoms with E-state index in [4.69, 9.17) is 4.42 Å². The number of aryl methyl sites for hydroxylation is 1. The van der Waals surface area contributed by atoms with Gasteiger partial charge in [0.05, 0.1) is 0 Å². The third-order valence-corrected chi connectivity index (χ3v) is 13.1. The summed E-state index contributed by atoms with van der Waals surface area (Å²) in [6, 6.07) is 80.0. The van der Waals surface area contributed by atoms with Crippen LogP contribution in [0.1, 0.15) is 29.0 Å². The Bertz CT molecular complexity index is 3400. The van der Waals surface area contributed by atoms with Crippen LogP contribution in [0.5, 0.6) is 0 Å². The molecule has 0 N–H and O–H groups in total. The Balaban J connectivity index is 1.16. The normalized spacial score (nSPS) is 13.6. The Morgan fingerprint density at radius 2 is 1.05 bits per heavy atom. The van der Waals surface area contributed by atoms with Crippen LogP contribution in [0.25, 0.3) is 76.9 Å². The van der Waals surface area contributed by atoms with Crippen LogP contribution in [0.3, 0.4) is 0 Å². The minimum Gasteiger partial charge on any atom is -0.456 e. The van der Waals surface area contributed by atoms with E-state index in [9.17, 15) is 0 Å². The second-order valence-corrected chi connectivity index (χ2v) is 16.7. The number of fused-ring (bicyclic) bond motifs is 9. The van der Waals surface area contributed by atoms with Crippen LogP contribution in [-0.2, 0) is 12.8 Å². The first kappa shape index (κ1) is 36.2. The van der Waals surface area contributed by atoms with Crippen LogP contribution in [0.15, 0.2) is 223 Å². The molecule has 1 aliphatic carbocycles. The van der Waals surface area contributed by atoms with E-state index in [0.717, 1.165) is 52.9 Å². The first-order valence-electron chi connectivity index (χ1n) is 21.8. The molecule has 10 aromatic carbocycles. The summed E-state index contributed by atoms with van der Waals surface area (Å²) >= 11 is 0. The third-order valence-electron chi connectivity index (χ3n) is 13.1. The maximum absolute atomic E-state index is 6.83. The highest BCUT2D eigenvalue weighted by Crippen LogP contribution is 2.53. The molecule has 0 bridgehead atoms. The molecule has 62 heavy (non-hydrogen) atoms. The van der Waals surface area contributed by atoms with Gasteiger partial charge in [-0.3, -0.25) is 0 Å². The summed E-state index contributed by atoms with van der Waals surface area (Å²) in [6.45, 7) is 0. The number of hydrogen-bond acceptors (Lipinski definition) is 2. The molecule has 11 aromatic rings. The Hall–Kier alpha value is -7.68. The van der Waals surface area contributed by atoms with Gasteiger partial charge in [0.25, 0.3) is 0 Å². The van der Waals surface area contributed by atoms with Gasteiger partial charge in [-0.2, -0.15) is 0 Å². The minimum absolute atomic E-state index is 0.267. The van der Waals surface area contributed by atoms with Crippen molar-refractivity contribution in [1.29, 1.82) is 0 Å². The van der Waals surface area contributed by atoms with Gasteiger partial charge in [-0.1, -0.05) is 164 Å². The van der Waals surface area contributed by atoms with Gasteiger partial charge in [0.1, 0.15) is 11.2 Å². The van der Waals surface area contributed by atoms with Gasteiger partial charge >= 0.3 is 0 Å². The van der Waals surface area contributed by atoms with Gasteiger partial charge in [-0.15, -0.1) is 0 Å². The van der Waals surface area contributed by atoms with Crippen molar-refractivity contribution in [2.24, 2.45) is 0 Å². The molecule has 2 heteroatoms. The van der Waals surface area contributed by atoms with Gasteiger partial charge in [0, 0.05) is 33.4 Å². The molecule has 0 amide bonds. The minimum atomic E-state index is 0.267. The second kappa shape index (κ2) is 15.1. The third kappa shape index (κ3) is 6.10. The standard InChI is InChI=1S/C60H43NO/c1-4-18-40(19-5-1)36-43-34-35-44-39-56-59(52-30-14-15-33-55(52)62-56)60(54-38-42-20-10-11-27-48(42)50-28-12-13-29-51(50)54)58(44)53-32-17-31-49(57(43)53)41-21-16-26-47(37-41)61(45-22-6-2-7-23-45)46-24-8-3-9-25-46/h1-33,37-39,43H,34-36H2. The number of hydrogen-bond donors (Lipinski definition) is 0. The fourth-order valence-corrected chi connectivity index (χ4v) is 10.4. The van der Waals surface area contributed by atoms with E-state index in [2.05, 4.69) is 223 Å². The first-order chi connectivity index (χ1) is 30.8. The monoisotopic (exact) mass is 793 g/mol. The van der Waals surface area contributed by atoms with Gasteiger partial charge in [0.2, 0.25) is 0 Å². The quantitative estimate of drug-likeness (QED) is 0.149. The fourth-order valence-electron chi connectivity index (χ4n) is 10.4. The highest BCUT2D eigenvalue weighted by atomic mass is 16.3. The molecule has 1 atom stereocenters. The number of anilines is 3. The molecule has 294 valence electrons. The molecule has 0 aliphatic heterocycles. The van der Waals surface area contributed by atoms with E-state index in [0.29, 0.717) is 0 Å². The predicted octanol–water partition coefficient (Wildman–Crippen LogP) is 16.6. The van der Waals surface area contributed by atoms with E-state index in [1.807, 2.05) is 0 Å². The Kier molecular flexibility index (Phi) is 8.81. The number of benzene rings is 10. The van der Waals surface area contributed by atoms with Crippen molar-refractivity contribution in [1.82, 2.24) is 0 Å². The molecule has 0 saturated carbocycles. The van der Waals surface area contributed by atoms with Gasteiger partial charge in [-0.25, -0.2) is 0 Å². The fraction of sp³-hybridized carbons (Fsp3) is 0.0667. The van der Waals surface area contributed by atoms with E-state index in [1.54, 1.807) is 0 Å². The summed E-state index contributed by atoms with van der Waals surface area (Å²) in [5, 5.41) is 7.36. The summed E-state index contributed by atoms with van der Waals surface area (Å²) in [5.74, 6) is 0.267. The molecular formula is C60H43NO. The van der Waals surface area contributed by atoms with Crippen molar-refractivity contribution >= 4 is 60.5 Å². The average Bonchev–Trinajstić information content (AvgIpc) is 3.63. The molecule has 1 aromatic heterocycles. The molecule has 2 nitrogen and oxygen atoms in total. The maximum Gasteiger partial charge on any atom is 0.136 e. The number of rotatable bonds is 7. The Labute approximate surface area is 362 Å². The van der Waals surface area contributed by atoms with E-state index in [-0.39, 0.29) is 5.92 Å². The molecule has 1 heterocycles. The summed E-state index contributed by atoms with van der Waals surface area (Å²) in [4.78, 5) is 2.37. The molecule has 0 fully saturated rings. The zero-order valence-corrected chi connectivity index (χ0v) is 34.3. The Morgan fingerprint density at radius 3 is 1.82 bits per heavy atom. The lowest BCUT2D eigenvalue weighted by Gasteiger charge is -2.27. The van der Waals surface area contributed by atoms with Crippen molar-refractivity contribution in [3.8, 4) is 33.4 Å². The molecule has 0 radical (unpaired) electrons. The summed E-state index contributed by atoms with van der Waals surface area (Å²) in [5.41, 5.74) is 17.0. The number of furan rings is 1. The number of nitrogens with zero attached hydrogens (tertiary/aromatic N) is 1. The molecule has 1 unspecified atom stereocenters. The van der Waals surface area contributed by atoms with Crippen molar-refractivity contribution in [2.75, 3.05) is 4.90 Å². The SMILES string of the molecule is c1ccc(CC2CCc3cc4oc5ccccc5c4c(-c4cc5ccccc5c5ccccc45)c3-c3cccc(-c4cccc(N(c5ccccc5)c5ccccc5)c4)c32)cc1. The Morgan fingerprint density at radius 1 is 0.435 bits per heavy atom. The van der Waals surface area contributed by atoms with Crippen LogP contribution >= 0.6 is 0 Å². The zero-order valence-electron chi connectivity index (χ0n) is 34.3. The van der Waals surface area contributed by atoms with Crippen molar-refractivity contribution < 1.29 is 4.42 Å². The average molecular weight is 794 g/mol. The van der Waals surface area contributed by atoms with E-state index < -0.39 is 0 Å². The lowest BCUT2D eigenvalue weighted by molar-refractivity contribution is 0.628. The molecule has 0 saturated heterocycles. The highest BCUT2D eigenvalue weighted by molar-refractivity contribution is 6.23. The first-order valence-corrected chi connectivity index (χ1v) is 21.8. The van der Waals surface area contributed by atoms with Crippen LogP contribution < -0.4 is 4.90 Å². The van der Waals surface area contributed by atoms with E-state index >= 15 is 0 Å². The lowest BCUT2D eigenvalue weighted by Crippen LogP contribution is -2.10. The van der Waals surface area contributed by atoms with Gasteiger partial charge < -0.3 is 9.32 Å². The van der Waals surface area contributed by atoms with Crippen LogP contribution in [-0.4, -0.2) is 0 Å².